The summed E-state index contributed by atoms with van der Waals surface area (Å²) in [7, 11) is 2.12. The van der Waals surface area contributed by atoms with E-state index in [0.29, 0.717) is 6.61 Å². The zero-order valence-electron chi connectivity index (χ0n) is 14.6. The van der Waals surface area contributed by atoms with E-state index in [4.69, 9.17) is 4.74 Å². The van der Waals surface area contributed by atoms with Crippen molar-refractivity contribution in [3.63, 3.8) is 0 Å². The number of ether oxygens (including phenoxy) is 1. The number of carbonyl (C=O) groups is 1. The minimum atomic E-state index is -0.0930. The molecule has 2 aromatic carbocycles. The molecule has 0 aliphatic carbocycles. The number of hydrogen-bond donors (Lipinski definition) is 0. The van der Waals surface area contributed by atoms with E-state index in [9.17, 15) is 4.79 Å². The van der Waals surface area contributed by atoms with Crippen molar-refractivity contribution < 1.29 is 9.53 Å². The molecule has 4 rings (SSSR count). The van der Waals surface area contributed by atoms with Crippen molar-refractivity contribution >= 4 is 5.91 Å². The minimum Gasteiger partial charge on any atom is -0.492 e. The molecule has 1 amide bonds. The van der Waals surface area contributed by atoms with Crippen LogP contribution in [-0.2, 0) is 11.2 Å². The van der Waals surface area contributed by atoms with Crippen molar-refractivity contribution in [2.75, 3.05) is 33.3 Å². The standard InChI is InChI=1S/C21H24N2O2/c1-22-11-12-23(19(14-22)16-7-3-2-4-8-16)21(24)18-13-17-9-5-6-10-20(17)25-15-18/h2-10,18-19H,11-15H2,1H3. The lowest BCUT2D eigenvalue weighted by Gasteiger charge is -2.42. The smallest absolute Gasteiger partial charge is 0.230 e. The highest BCUT2D eigenvalue weighted by Crippen LogP contribution is 2.31. The zero-order chi connectivity index (χ0) is 17.2. The lowest BCUT2D eigenvalue weighted by Crippen LogP contribution is -2.52. The van der Waals surface area contributed by atoms with Crippen molar-refractivity contribution in [1.29, 1.82) is 0 Å². The van der Waals surface area contributed by atoms with E-state index >= 15 is 0 Å². The first-order valence-corrected chi connectivity index (χ1v) is 8.97. The van der Waals surface area contributed by atoms with Crippen LogP contribution >= 0.6 is 0 Å². The highest BCUT2D eigenvalue weighted by molar-refractivity contribution is 5.80. The number of piperazine rings is 1. The van der Waals surface area contributed by atoms with Crippen molar-refractivity contribution in [3.8, 4) is 5.75 Å². The Balaban J connectivity index is 1.56. The van der Waals surface area contributed by atoms with E-state index in [-0.39, 0.29) is 17.9 Å². The summed E-state index contributed by atoms with van der Waals surface area (Å²) in [5.41, 5.74) is 2.34. The second-order valence-corrected chi connectivity index (χ2v) is 7.04. The Morgan fingerprint density at radius 2 is 1.80 bits per heavy atom. The van der Waals surface area contributed by atoms with E-state index in [0.717, 1.165) is 37.4 Å². The lowest BCUT2D eigenvalue weighted by molar-refractivity contribution is -0.142. The van der Waals surface area contributed by atoms with Gasteiger partial charge in [-0.2, -0.15) is 0 Å². The van der Waals surface area contributed by atoms with Gasteiger partial charge >= 0.3 is 0 Å². The van der Waals surface area contributed by atoms with Crippen LogP contribution in [0.5, 0.6) is 5.75 Å². The molecule has 2 heterocycles. The first-order chi connectivity index (χ1) is 12.2. The molecule has 2 aliphatic rings. The van der Waals surface area contributed by atoms with Gasteiger partial charge in [0, 0.05) is 19.6 Å². The average Bonchev–Trinajstić information content (AvgIpc) is 2.67. The molecule has 0 aromatic heterocycles. The maximum Gasteiger partial charge on any atom is 0.230 e. The number of fused-ring (bicyclic) bond motifs is 1. The van der Waals surface area contributed by atoms with Crippen LogP contribution in [-0.4, -0.2) is 49.0 Å². The molecule has 0 saturated carbocycles. The first kappa shape index (κ1) is 16.2. The molecule has 2 aliphatic heterocycles. The topological polar surface area (TPSA) is 32.8 Å². The maximum atomic E-state index is 13.3. The van der Waals surface area contributed by atoms with Crippen molar-refractivity contribution in [2.45, 2.75) is 12.5 Å². The second-order valence-electron chi connectivity index (χ2n) is 7.04. The summed E-state index contributed by atoms with van der Waals surface area (Å²) in [4.78, 5) is 17.6. The Labute approximate surface area is 149 Å². The highest BCUT2D eigenvalue weighted by atomic mass is 16.5. The molecule has 2 aromatic rings. The number of para-hydroxylation sites is 1. The number of hydrogen-bond acceptors (Lipinski definition) is 3. The molecule has 1 saturated heterocycles. The van der Waals surface area contributed by atoms with Gasteiger partial charge in [-0.25, -0.2) is 0 Å². The number of rotatable bonds is 2. The number of amides is 1. The SMILES string of the molecule is CN1CCN(C(=O)C2COc3ccccc3C2)C(c2ccccc2)C1. The number of nitrogens with zero attached hydrogens (tertiary/aromatic N) is 2. The van der Waals surface area contributed by atoms with Crippen LogP contribution in [0.4, 0.5) is 0 Å². The van der Waals surface area contributed by atoms with Gasteiger partial charge in [0.05, 0.1) is 12.0 Å². The highest BCUT2D eigenvalue weighted by Gasteiger charge is 2.35. The third-order valence-corrected chi connectivity index (χ3v) is 5.28. The van der Waals surface area contributed by atoms with Crippen molar-refractivity contribution in [3.05, 3.63) is 65.7 Å². The molecule has 130 valence electrons. The van der Waals surface area contributed by atoms with E-state index < -0.39 is 0 Å². The molecule has 0 N–H and O–H groups in total. The van der Waals surface area contributed by atoms with Gasteiger partial charge in [0.2, 0.25) is 5.91 Å². The van der Waals surface area contributed by atoms with E-state index in [1.54, 1.807) is 0 Å². The van der Waals surface area contributed by atoms with Gasteiger partial charge in [-0.3, -0.25) is 4.79 Å². The molecule has 2 unspecified atom stereocenters. The normalized spacial score (nSPS) is 23.6. The second kappa shape index (κ2) is 6.89. The van der Waals surface area contributed by atoms with Crippen LogP contribution in [0, 0.1) is 5.92 Å². The van der Waals surface area contributed by atoms with Crippen LogP contribution in [0.2, 0.25) is 0 Å². The summed E-state index contributed by atoms with van der Waals surface area (Å²) in [6.45, 7) is 3.04. The third-order valence-electron chi connectivity index (χ3n) is 5.28. The summed E-state index contributed by atoms with van der Waals surface area (Å²) >= 11 is 0. The van der Waals surface area contributed by atoms with Gasteiger partial charge < -0.3 is 14.5 Å². The van der Waals surface area contributed by atoms with Crippen LogP contribution in [0.1, 0.15) is 17.2 Å². The summed E-state index contributed by atoms with van der Waals surface area (Å²) < 4.78 is 5.85. The summed E-state index contributed by atoms with van der Waals surface area (Å²) in [5.74, 6) is 1.05. The Hall–Kier alpha value is -2.33. The summed E-state index contributed by atoms with van der Waals surface area (Å²) in [5, 5.41) is 0. The predicted octanol–water partition coefficient (Wildman–Crippen LogP) is 2.75. The minimum absolute atomic E-state index is 0.0930. The van der Waals surface area contributed by atoms with Gasteiger partial charge in [-0.05, 0) is 30.7 Å². The number of carbonyl (C=O) groups excluding carboxylic acids is 1. The Bertz CT molecular complexity index is 747. The lowest BCUT2D eigenvalue weighted by atomic mass is 9.93. The average molecular weight is 336 g/mol. The molecule has 0 radical (unpaired) electrons. The summed E-state index contributed by atoms with van der Waals surface area (Å²) in [6.07, 6.45) is 0.767. The third kappa shape index (κ3) is 3.27. The molecule has 0 bridgehead atoms. The Morgan fingerprint density at radius 1 is 1.04 bits per heavy atom. The maximum absolute atomic E-state index is 13.3. The van der Waals surface area contributed by atoms with Crippen molar-refractivity contribution in [2.24, 2.45) is 5.92 Å². The van der Waals surface area contributed by atoms with Crippen LogP contribution < -0.4 is 4.74 Å². The number of benzene rings is 2. The zero-order valence-corrected chi connectivity index (χ0v) is 14.6. The molecule has 25 heavy (non-hydrogen) atoms. The molecular formula is C21H24N2O2. The van der Waals surface area contributed by atoms with Crippen LogP contribution in [0.25, 0.3) is 0 Å². The number of likely N-dealkylation sites (N-methyl/N-ethyl adjacent to an activating group) is 1. The molecule has 0 spiro atoms. The molecule has 4 nitrogen and oxygen atoms in total. The van der Waals surface area contributed by atoms with E-state index in [1.165, 1.54) is 5.56 Å². The van der Waals surface area contributed by atoms with Crippen LogP contribution in [0.15, 0.2) is 54.6 Å². The molecule has 1 fully saturated rings. The first-order valence-electron chi connectivity index (χ1n) is 8.97. The Kier molecular flexibility index (Phi) is 4.45. The van der Waals surface area contributed by atoms with E-state index in [1.807, 2.05) is 36.4 Å². The quantitative estimate of drug-likeness (QED) is 0.845. The van der Waals surface area contributed by atoms with Crippen LogP contribution in [0.3, 0.4) is 0 Å². The molecule has 4 heteroatoms. The monoisotopic (exact) mass is 336 g/mol. The largest absolute Gasteiger partial charge is 0.492 e. The fraction of sp³-hybridized carbons (Fsp3) is 0.381. The molecule has 2 atom stereocenters. The van der Waals surface area contributed by atoms with Gasteiger partial charge in [0.25, 0.3) is 0 Å². The van der Waals surface area contributed by atoms with Gasteiger partial charge in [-0.15, -0.1) is 0 Å². The predicted molar refractivity (Wildman–Crippen MR) is 97.5 cm³/mol. The fourth-order valence-electron chi connectivity index (χ4n) is 3.86. The fourth-order valence-corrected chi connectivity index (χ4v) is 3.86. The van der Waals surface area contributed by atoms with Gasteiger partial charge in [-0.1, -0.05) is 48.5 Å². The van der Waals surface area contributed by atoms with Crippen molar-refractivity contribution in [1.82, 2.24) is 9.80 Å². The van der Waals surface area contributed by atoms with Gasteiger partial charge in [0.15, 0.2) is 0 Å². The van der Waals surface area contributed by atoms with Gasteiger partial charge in [0.1, 0.15) is 12.4 Å². The van der Waals surface area contributed by atoms with E-state index in [2.05, 4.69) is 35.0 Å². The molecular weight excluding hydrogens is 312 g/mol. The Morgan fingerprint density at radius 3 is 2.64 bits per heavy atom. The summed E-state index contributed by atoms with van der Waals surface area (Å²) in [6, 6.07) is 18.5.